The van der Waals surface area contributed by atoms with Gasteiger partial charge in [-0.1, -0.05) is 36.7 Å². The molecule has 1 unspecified atom stereocenters. The molecule has 1 aromatic heterocycles. The van der Waals surface area contributed by atoms with Crippen molar-refractivity contribution in [1.82, 2.24) is 10.5 Å². The third-order valence-corrected chi connectivity index (χ3v) is 3.84. The summed E-state index contributed by atoms with van der Waals surface area (Å²) in [7, 11) is 1.63. The van der Waals surface area contributed by atoms with Crippen LogP contribution in [0.25, 0.3) is 0 Å². The summed E-state index contributed by atoms with van der Waals surface area (Å²) in [5.74, 6) is 1.29. The van der Waals surface area contributed by atoms with Crippen LogP contribution in [0.5, 0.6) is 5.75 Å². The zero-order valence-corrected chi connectivity index (χ0v) is 14.6. The maximum absolute atomic E-state index is 12.7. The summed E-state index contributed by atoms with van der Waals surface area (Å²) in [4.78, 5) is 12.7. The van der Waals surface area contributed by atoms with E-state index in [2.05, 4.69) is 10.5 Å². The molecule has 0 radical (unpaired) electrons. The average Bonchev–Trinajstić information content (AvgIpc) is 2.89. The minimum absolute atomic E-state index is 0.0979. The third kappa shape index (κ3) is 3.55. The fourth-order valence-corrected chi connectivity index (χ4v) is 2.60. The van der Waals surface area contributed by atoms with Crippen molar-refractivity contribution in [1.29, 1.82) is 0 Å². The van der Waals surface area contributed by atoms with E-state index in [1.54, 1.807) is 14.0 Å². The lowest BCUT2D eigenvalue weighted by Crippen LogP contribution is -2.28. The van der Waals surface area contributed by atoms with E-state index in [4.69, 9.17) is 9.26 Å². The molecule has 5 nitrogen and oxygen atoms in total. The fourth-order valence-electron chi connectivity index (χ4n) is 2.60. The molecule has 0 fully saturated rings. The Morgan fingerprint density at radius 3 is 2.57 bits per heavy atom. The van der Waals surface area contributed by atoms with Crippen molar-refractivity contribution in [3.8, 4) is 5.75 Å². The number of aromatic nitrogens is 1. The molecule has 124 valence electrons. The Balaban J connectivity index is 2.27. The first-order chi connectivity index (χ1) is 10.8. The number of aryl methyl sites for hydroxylation is 2. The van der Waals surface area contributed by atoms with E-state index in [9.17, 15) is 4.79 Å². The summed E-state index contributed by atoms with van der Waals surface area (Å²) < 4.78 is 10.7. The van der Waals surface area contributed by atoms with E-state index in [1.807, 2.05) is 45.9 Å². The van der Waals surface area contributed by atoms with E-state index >= 15 is 0 Å². The highest BCUT2D eigenvalue weighted by Gasteiger charge is 2.24. The second-order valence-electron chi connectivity index (χ2n) is 6.10. The smallest absolute Gasteiger partial charge is 0.257 e. The number of hydrogen-bond acceptors (Lipinski definition) is 4. The van der Waals surface area contributed by atoms with Gasteiger partial charge in [-0.3, -0.25) is 4.79 Å². The van der Waals surface area contributed by atoms with Crippen LogP contribution in [0.2, 0.25) is 0 Å². The Hall–Kier alpha value is -2.30. The number of amides is 1. The zero-order valence-electron chi connectivity index (χ0n) is 14.6. The van der Waals surface area contributed by atoms with E-state index in [0.717, 1.165) is 16.9 Å². The second kappa shape index (κ2) is 6.86. The molecule has 1 aromatic carbocycles. The summed E-state index contributed by atoms with van der Waals surface area (Å²) in [6.45, 7) is 9.68. The van der Waals surface area contributed by atoms with Crippen LogP contribution in [0.3, 0.4) is 0 Å². The SMILES string of the molecule is COc1ccc(C)cc1C(C)NC(=O)c1c(C)noc1C(C)C. The molecule has 5 heteroatoms. The van der Waals surface area contributed by atoms with Gasteiger partial charge in [-0.25, -0.2) is 0 Å². The molecule has 0 spiro atoms. The predicted octanol–water partition coefficient (Wildman–Crippen LogP) is 3.91. The van der Waals surface area contributed by atoms with Crippen molar-refractivity contribution in [2.45, 2.75) is 46.6 Å². The number of methoxy groups -OCH3 is 1. The van der Waals surface area contributed by atoms with E-state index in [-0.39, 0.29) is 17.9 Å². The first kappa shape index (κ1) is 17.1. The van der Waals surface area contributed by atoms with Crippen molar-refractivity contribution < 1.29 is 14.1 Å². The first-order valence-electron chi connectivity index (χ1n) is 7.76. The van der Waals surface area contributed by atoms with Crippen LogP contribution in [-0.4, -0.2) is 18.2 Å². The van der Waals surface area contributed by atoms with Gasteiger partial charge in [-0.15, -0.1) is 0 Å². The number of ether oxygens (including phenoxy) is 1. The molecule has 0 aliphatic carbocycles. The molecule has 0 saturated carbocycles. The molecule has 0 aliphatic heterocycles. The van der Waals surface area contributed by atoms with Crippen LogP contribution in [0.4, 0.5) is 0 Å². The summed E-state index contributed by atoms with van der Waals surface area (Å²) >= 11 is 0. The molecule has 2 aromatic rings. The molecule has 1 N–H and O–H groups in total. The number of benzene rings is 1. The molecular weight excluding hydrogens is 292 g/mol. The molecule has 23 heavy (non-hydrogen) atoms. The maximum Gasteiger partial charge on any atom is 0.257 e. The topological polar surface area (TPSA) is 64.4 Å². The summed E-state index contributed by atoms with van der Waals surface area (Å²) in [6, 6.07) is 5.73. The van der Waals surface area contributed by atoms with Gasteiger partial charge < -0.3 is 14.6 Å². The van der Waals surface area contributed by atoms with Gasteiger partial charge in [0.1, 0.15) is 11.3 Å². The minimum Gasteiger partial charge on any atom is -0.496 e. The Bertz CT molecular complexity index is 704. The molecule has 1 heterocycles. The van der Waals surface area contributed by atoms with Gasteiger partial charge in [0, 0.05) is 11.5 Å². The number of rotatable bonds is 5. The Labute approximate surface area is 137 Å². The van der Waals surface area contributed by atoms with E-state index in [1.165, 1.54) is 0 Å². The molecule has 0 bridgehead atoms. The number of carbonyl (C=O) groups excluding carboxylic acids is 1. The Morgan fingerprint density at radius 2 is 1.96 bits per heavy atom. The molecule has 2 rings (SSSR count). The van der Waals surface area contributed by atoms with E-state index < -0.39 is 0 Å². The highest BCUT2D eigenvalue weighted by molar-refractivity contribution is 5.96. The summed E-state index contributed by atoms with van der Waals surface area (Å²) in [6.07, 6.45) is 0. The predicted molar refractivity (Wildman–Crippen MR) is 88.9 cm³/mol. The minimum atomic E-state index is -0.188. The number of nitrogens with zero attached hydrogens (tertiary/aromatic N) is 1. The highest BCUT2D eigenvalue weighted by atomic mass is 16.5. The zero-order chi connectivity index (χ0) is 17.1. The van der Waals surface area contributed by atoms with Crippen molar-refractivity contribution in [2.75, 3.05) is 7.11 Å². The molecule has 0 saturated heterocycles. The van der Waals surface area contributed by atoms with Gasteiger partial charge in [-0.2, -0.15) is 0 Å². The van der Waals surface area contributed by atoms with Gasteiger partial charge in [-0.05, 0) is 26.8 Å². The largest absolute Gasteiger partial charge is 0.496 e. The third-order valence-electron chi connectivity index (χ3n) is 3.84. The van der Waals surface area contributed by atoms with Gasteiger partial charge in [0.05, 0.1) is 18.8 Å². The highest BCUT2D eigenvalue weighted by Crippen LogP contribution is 2.27. The molecule has 1 amide bonds. The quantitative estimate of drug-likeness (QED) is 0.908. The Morgan fingerprint density at radius 1 is 1.26 bits per heavy atom. The normalized spacial score (nSPS) is 12.3. The number of hydrogen-bond donors (Lipinski definition) is 1. The van der Waals surface area contributed by atoms with Gasteiger partial charge in [0.25, 0.3) is 5.91 Å². The van der Waals surface area contributed by atoms with E-state index in [0.29, 0.717) is 17.0 Å². The van der Waals surface area contributed by atoms with Crippen molar-refractivity contribution in [3.05, 3.63) is 46.3 Å². The average molecular weight is 316 g/mol. The van der Waals surface area contributed by atoms with Gasteiger partial charge >= 0.3 is 0 Å². The molecular formula is C18H24N2O3. The standard InChI is InChI=1S/C18H24N2O3/c1-10(2)17-16(13(5)20-23-17)18(21)19-12(4)14-9-11(3)7-8-15(14)22-6/h7-10,12H,1-6H3,(H,19,21). The monoisotopic (exact) mass is 316 g/mol. The lowest BCUT2D eigenvalue weighted by Gasteiger charge is -2.18. The number of nitrogens with one attached hydrogen (secondary N) is 1. The summed E-state index contributed by atoms with van der Waals surface area (Å²) in [5.41, 5.74) is 3.19. The lowest BCUT2D eigenvalue weighted by molar-refractivity contribution is 0.0936. The van der Waals surface area contributed by atoms with Crippen LogP contribution in [0, 0.1) is 13.8 Å². The fraction of sp³-hybridized carbons (Fsp3) is 0.444. The van der Waals surface area contributed by atoms with Gasteiger partial charge in [0.15, 0.2) is 5.76 Å². The molecule has 1 atom stereocenters. The second-order valence-corrected chi connectivity index (χ2v) is 6.10. The van der Waals surface area contributed by atoms with Crippen LogP contribution < -0.4 is 10.1 Å². The van der Waals surface area contributed by atoms with Crippen LogP contribution in [0.15, 0.2) is 22.7 Å². The van der Waals surface area contributed by atoms with Crippen LogP contribution in [-0.2, 0) is 0 Å². The summed E-state index contributed by atoms with van der Waals surface area (Å²) in [5, 5.41) is 6.94. The van der Waals surface area contributed by atoms with Crippen molar-refractivity contribution in [3.63, 3.8) is 0 Å². The maximum atomic E-state index is 12.7. The lowest BCUT2D eigenvalue weighted by atomic mass is 10.0. The number of carbonyl (C=O) groups is 1. The van der Waals surface area contributed by atoms with Crippen LogP contribution in [0.1, 0.15) is 65.7 Å². The first-order valence-corrected chi connectivity index (χ1v) is 7.76. The van der Waals surface area contributed by atoms with Crippen molar-refractivity contribution in [2.24, 2.45) is 0 Å². The Kier molecular flexibility index (Phi) is 5.08. The van der Waals surface area contributed by atoms with Gasteiger partial charge in [0.2, 0.25) is 0 Å². The van der Waals surface area contributed by atoms with Crippen LogP contribution >= 0.6 is 0 Å². The van der Waals surface area contributed by atoms with Crippen molar-refractivity contribution >= 4 is 5.91 Å². The molecule has 0 aliphatic rings.